The van der Waals surface area contributed by atoms with E-state index in [4.69, 9.17) is 18.9 Å². The van der Waals surface area contributed by atoms with Crippen LogP contribution in [-0.2, 0) is 16.0 Å². The van der Waals surface area contributed by atoms with Crippen molar-refractivity contribution in [2.75, 3.05) is 13.2 Å². The Hall–Kier alpha value is -4.39. The van der Waals surface area contributed by atoms with Crippen molar-refractivity contribution in [2.24, 2.45) is 0 Å². The first-order chi connectivity index (χ1) is 20.3. The number of carbonyl (C=O) groups excluding carboxylic acids is 3. The number of rotatable bonds is 16. The minimum atomic E-state index is -0.512. The fraction of sp³-hybridized carbons (Fsp3) is 0.343. The maximum atomic E-state index is 12.8. The minimum absolute atomic E-state index is 0.312. The molecule has 0 saturated carbocycles. The molecule has 0 aliphatic rings. The second-order valence-electron chi connectivity index (χ2n) is 10.1. The van der Waals surface area contributed by atoms with Crippen molar-refractivity contribution < 1.29 is 33.3 Å². The van der Waals surface area contributed by atoms with Crippen molar-refractivity contribution in [1.29, 1.82) is 0 Å². The van der Waals surface area contributed by atoms with Gasteiger partial charge in [0.2, 0.25) is 0 Å². The average Bonchev–Trinajstić information content (AvgIpc) is 2.99. The number of unbranched alkanes of at least 4 members (excludes halogenated alkanes) is 4. The first-order valence-corrected chi connectivity index (χ1v) is 14.5. The molecule has 3 rings (SSSR count). The quantitative estimate of drug-likeness (QED) is 0.0750. The maximum Gasteiger partial charge on any atom is 0.343 e. The number of hydrogen-bond donors (Lipinski definition) is 0. The summed E-state index contributed by atoms with van der Waals surface area (Å²) in [6.07, 6.45) is 8.37. The standard InChI is InChI=1S/C35H40O7/c1-5-7-8-9-12-27-13-17-30(18-14-27)41-34(37)28-16-20-32(26(4)24-28)42-35(38)29-15-19-31(25(3)23-29)39-21-10-11-22-40-33(36)6-2/h6,13-20,23-24H,2,5,7-12,21-22H2,1,3-4H3. The number of carbonyl (C=O) groups is 3. The largest absolute Gasteiger partial charge is 0.493 e. The molecule has 7 heteroatoms. The third-order valence-electron chi connectivity index (χ3n) is 6.68. The molecule has 7 nitrogen and oxygen atoms in total. The van der Waals surface area contributed by atoms with E-state index in [2.05, 4.69) is 13.5 Å². The fourth-order valence-electron chi connectivity index (χ4n) is 4.25. The highest BCUT2D eigenvalue weighted by Gasteiger charge is 2.15. The SMILES string of the molecule is C=CC(=O)OCCCCOc1ccc(C(=O)Oc2ccc(C(=O)Oc3ccc(CCCCCC)cc3)cc2C)cc1C. The Labute approximate surface area is 248 Å². The number of esters is 3. The molecular weight excluding hydrogens is 532 g/mol. The van der Waals surface area contributed by atoms with Crippen LogP contribution >= 0.6 is 0 Å². The summed E-state index contributed by atoms with van der Waals surface area (Å²) in [7, 11) is 0. The zero-order valence-corrected chi connectivity index (χ0v) is 24.8. The lowest BCUT2D eigenvalue weighted by molar-refractivity contribution is -0.137. The molecule has 0 radical (unpaired) electrons. The van der Waals surface area contributed by atoms with Crippen molar-refractivity contribution in [3.63, 3.8) is 0 Å². The van der Waals surface area contributed by atoms with Crippen LogP contribution in [0.2, 0.25) is 0 Å². The number of benzene rings is 3. The Kier molecular flexibility index (Phi) is 12.8. The molecule has 0 aromatic heterocycles. The Morgan fingerprint density at radius 1 is 0.714 bits per heavy atom. The van der Waals surface area contributed by atoms with Crippen LogP contribution in [0.5, 0.6) is 17.2 Å². The van der Waals surface area contributed by atoms with Crippen LogP contribution in [0.3, 0.4) is 0 Å². The van der Waals surface area contributed by atoms with Gasteiger partial charge in [-0.15, -0.1) is 0 Å². The lowest BCUT2D eigenvalue weighted by atomic mass is 10.1. The lowest BCUT2D eigenvalue weighted by Gasteiger charge is -2.12. The molecule has 0 spiro atoms. The van der Waals surface area contributed by atoms with Gasteiger partial charge in [-0.1, -0.05) is 44.9 Å². The zero-order valence-electron chi connectivity index (χ0n) is 24.8. The van der Waals surface area contributed by atoms with Crippen molar-refractivity contribution in [3.05, 3.63) is 101 Å². The number of ether oxygens (including phenoxy) is 4. The van der Waals surface area contributed by atoms with Gasteiger partial charge >= 0.3 is 17.9 Å². The molecule has 0 aliphatic carbocycles. The predicted octanol–water partition coefficient (Wildman–Crippen LogP) is 7.75. The van der Waals surface area contributed by atoms with Gasteiger partial charge in [-0.3, -0.25) is 0 Å². The molecule has 222 valence electrons. The van der Waals surface area contributed by atoms with Gasteiger partial charge in [0.25, 0.3) is 0 Å². The lowest BCUT2D eigenvalue weighted by Crippen LogP contribution is -2.12. The molecule has 3 aromatic rings. The van der Waals surface area contributed by atoms with Crippen LogP contribution in [0.1, 0.15) is 82.9 Å². The molecule has 0 heterocycles. The van der Waals surface area contributed by atoms with Gasteiger partial charge in [0.15, 0.2) is 0 Å². The van der Waals surface area contributed by atoms with Gasteiger partial charge in [0.1, 0.15) is 17.2 Å². The Morgan fingerprint density at radius 3 is 1.95 bits per heavy atom. The van der Waals surface area contributed by atoms with E-state index in [1.54, 1.807) is 43.3 Å². The summed E-state index contributed by atoms with van der Waals surface area (Å²) in [5.74, 6) is 0.0850. The summed E-state index contributed by atoms with van der Waals surface area (Å²) in [5.41, 5.74) is 3.41. The van der Waals surface area contributed by atoms with Gasteiger partial charge in [-0.05, 0) is 105 Å². The smallest absolute Gasteiger partial charge is 0.343 e. The van der Waals surface area contributed by atoms with E-state index < -0.39 is 17.9 Å². The average molecular weight is 573 g/mol. The Bertz CT molecular complexity index is 1360. The van der Waals surface area contributed by atoms with Crippen LogP contribution in [0, 0.1) is 13.8 Å². The topological polar surface area (TPSA) is 88.1 Å². The highest BCUT2D eigenvalue weighted by Crippen LogP contribution is 2.24. The van der Waals surface area contributed by atoms with Crippen LogP contribution < -0.4 is 14.2 Å². The van der Waals surface area contributed by atoms with Gasteiger partial charge < -0.3 is 18.9 Å². The highest BCUT2D eigenvalue weighted by atomic mass is 16.5. The third kappa shape index (κ3) is 10.2. The second kappa shape index (κ2) is 16.8. The summed E-state index contributed by atoms with van der Waals surface area (Å²) < 4.78 is 21.9. The monoisotopic (exact) mass is 572 g/mol. The Morgan fingerprint density at radius 2 is 1.33 bits per heavy atom. The minimum Gasteiger partial charge on any atom is -0.493 e. The second-order valence-corrected chi connectivity index (χ2v) is 10.1. The maximum absolute atomic E-state index is 12.8. The summed E-state index contributed by atoms with van der Waals surface area (Å²) in [5, 5.41) is 0. The molecule has 3 aromatic carbocycles. The van der Waals surface area contributed by atoms with E-state index in [9.17, 15) is 14.4 Å². The normalized spacial score (nSPS) is 10.5. The first-order valence-electron chi connectivity index (χ1n) is 14.5. The molecule has 0 unspecified atom stereocenters. The summed E-state index contributed by atoms with van der Waals surface area (Å²) in [4.78, 5) is 36.6. The van der Waals surface area contributed by atoms with Gasteiger partial charge in [-0.2, -0.15) is 0 Å². The van der Waals surface area contributed by atoms with Crippen LogP contribution in [0.15, 0.2) is 73.3 Å². The molecular formula is C35H40O7. The third-order valence-corrected chi connectivity index (χ3v) is 6.68. The van der Waals surface area contributed by atoms with Crippen molar-refractivity contribution in [1.82, 2.24) is 0 Å². The van der Waals surface area contributed by atoms with Crippen molar-refractivity contribution in [3.8, 4) is 17.2 Å². The van der Waals surface area contributed by atoms with E-state index in [1.165, 1.54) is 24.8 Å². The highest BCUT2D eigenvalue weighted by molar-refractivity contribution is 5.93. The summed E-state index contributed by atoms with van der Waals surface area (Å²) in [6, 6.07) is 17.5. The van der Waals surface area contributed by atoms with E-state index in [0.29, 0.717) is 60.0 Å². The van der Waals surface area contributed by atoms with E-state index in [1.807, 2.05) is 31.2 Å². The van der Waals surface area contributed by atoms with E-state index in [0.717, 1.165) is 24.5 Å². The predicted molar refractivity (Wildman–Crippen MR) is 162 cm³/mol. The van der Waals surface area contributed by atoms with Crippen molar-refractivity contribution in [2.45, 2.75) is 65.7 Å². The number of hydrogen-bond acceptors (Lipinski definition) is 7. The summed E-state index contributed by atoms with van der Waals surface area (Å²) >= 11 is 0. The van der Waals surface area contributed by atoms with Gasteiger partial charge in [0, 0.05) is 6.08 Å². The molecule has 0 atom stereocenters. The van der Waals surface area contributed by atoms with E-state index in [-0.39, 0.29) is 0 Å². The molecule has 0 aliphatic heterocycles. The summed E-state index contributed by atoms with van der Waals surface area (Å²) in [6.45, 7) is 9.94. The Balaban J connectivity index is 1.50. The van der Waals surface area contributed by atoms with Gasteiger partial charge in [0.05, 0.1) is 24.3 Å². The zero-order chi connectivity index (χ0) is 30.3. The van der Waals surface area contributed by atoms with Crippen molar-refractivity contribution >= 4 is 17.9 Å². The number of aryl methyl sites for hydroxylation is 3. The molecule has 42 heavy (non-hydrogen) atoms. The fourth-order valence-corrected chi connectivity index (χ4v) is 4.25. The molecule has 0 N–H and O–H groups in total. The van der Waals surface area contributed by atoms with Gasteiger partial charge in [-0.25, -0.2) is 14.4 Å². The molecule has 0 bridgehead atoms. The first kappa shape index (κ1) is 32.1. The van der Waals surface area contributed by atoms with Crippen LogP contribution in [0.25, 0.3) is 0 Å². The molecule has 0 amide bonds. The molecule has 0 fully saturated rings. The van der Waals surface area contributed by atoms with Crippen LogP contribution in [0.4, 0.5) is 0 Å². The molecule has 0 saturated heterocycles. The van der Waals surface area contributed by atoms with E-state index >= 15 is 0 Å². The van der Waals surface area contributed by atoms with Crippen LogP contribution in [-0.4, -0.2) is 31.1 Å².